The number of nitrogens with zero attached hydrogens (tertiary/aromatic N) is 1. The van der Waals surface area contributed by atoms with E-state index in [-0.39, 0.29) is 5.92 Å². The van der Waals surface area contributed by atoms with E-state index >= 15 is 0 Å². The number of carboxylic acid groups (broad SMARTS) is 1. The topological polar surface area (TPSA) is 40.5 Å². The number of aliphatic carboxylic acids is 1. The average molecular weight is 269 g/mol. The van der Waals surface area contributed by atoms with Gasteiger partial charge in [-0.3, -0.25) is 4.79 Å². The van der Waals surface area contributed by atoms with Gasteiger partial charge in [0.15, 0.2) is 11.6 Å². The van der Waals surface area contributed by atoms with Gasteiger partial charge in [0.05, 0.1) is 5.92 Å². The molecule has 0 amide bonds. The van der Waals surface area contributed by atoms with E-state index in [1.165, 1.54) is 6.07 Å². The second kappa shape index (κ2) is 5.55. The summed E-state index contributed by atoms with van der Waals surface area (Å²) in [5.41, 5.74) is 0.657. The van der Waals surface area contributed by atoms with Gasteiger partial charge < -0.3 is 10.0 Å². The summed E-state index contributed by atoms with van der Waals surface area (Å²) in [6.45, 7) is 3.15. The molecule has 1 fully saturated rings. The van der Waals surface area contributed by atoms with E-state index in [1.54, 1.807) is 13.0 Å². The van der Waals surface area contributed by atoms with Crippen molar-refractivity contribution in [2.24, 2.45) is 11.8 Å². The summed E-state index contributed by atoms with van der Waals surface area (Å²) < 4.78 is 26.0. The van der Waals surface area contributed by atoms with E-state index in [9.17, 15) is 13.6 Å². The molecular weight excluding hydrogens is 252 g/mol. The van der Waals surface area contributed by atoms with Gasteiger partial charge in [0.2, 0.25) is 0 Å². The van der Waals surface area contributed by atoms with Crippen LogP contribution >= 0.6 is 0 Å². The van der Waals surface area contributed by atoms with Crippen LogP contribution < -0.4 is 4.90 Å². The van der Waals surface area contributed by atoms with Crippen molar-refractivity contribution in [3.63, 3.8) is 0 Å². The Balaban J connectivity index is 1.98. The van der Waals surface area contributed by atoms with E-state index in [0.29, 0.717) is 24.6 Å². The van der Waals surface area contributed by atoms with Crippen molar-refractivity contribution in [2.75, 3.05) is 18.0 Å². The predicted molar refractivity (Wildman–Crippen MR) is 68.1 cm³/mol. The molecule has 1 saturated heterocycles. The third-order valence-corrected chi connectivity index (χ3v) is 3.66. The van der Waals surface area contributed by atoms with Crippen molar-refractivity contribution < 1.29 is 18.7 Å². The number of carboxylic acids is 1. The summed E-state index contributed by atoms with van der Waals surface area (Å²) in [6.07, 6.45) is 1.51. The fraction of sp³-hybridized carbons (Fsp3) is 0.500. The van der Waals surface area contributed by atoms with Gasteiger partial charge in [-0.1, -0.05) is 6.92 Å². The van der Waals surface area contributed by atoms with Crippen LogP contribution in [0.4, 0.5) is 14.5 Å². The zero-order valence-corrected chi connectivity index (χ0v) is 10.8. The highest BCUT2D eigenvalue weighted by Crippen LogP contribution is 2.28. The normalized spacial score (nSPS) is 20.6. The molecule has 2 atom stereocenters. The molecule has 0 spiro atoms. The van der Waals surface area contributed by atoms with Gasteiger partial charge in [0, 0.05) is 24.8 Å². The Morgan fingerprint density at radius 3 is 2.84 bits per heavy atom. The van der Waals surface area contributed by atoms with E-state index in [2.05, 4.69) is 0 Å². The molecule has 1 aromatic carbocycles. The lowest BCUT2D eigenvalue weighted by atomic mass is 9.95. The molecule has 1 aliphatic heterocycles. The van der Waals surface area contributed by atoms with Crippen LogP contribution in [0, 0.1) is 23.5 Å². The SMILES string of the molecule is CC(CC1CCN(c2ccc(F)c(F)c2)C1)C(=O)O. The summed E-state index contributed by atoms with van der Waals surface area (Å²) >= 11 is 0. The monoisotopic (exact) mass is 269 g/mol. The Morgan fingerprint density at radius 1 is 1.47 bits per heavy atom. The van der Waals surface area contributed by atoms with Crippen LogP contribution in [-0.2, 0) is 4.79 Å². The number of anilines is 1. The first-order valence-electron chi connectivity index (χ1n) is 6.40. The second-order valence-corrected chi connectivity index (χ2v) is 5.17. The van der Waals surface area contributed by atoms with Crippen molar-refractivity contribution in [3.8, 4) is 0 Å². The molecule has 1 heterocycles. The number of halogens is 2. The van der Waals surface area contributed by atoms with Gasteiger partial charge in [-0.2, -0.15) is 0 Å². The number of rotatable bonds is 4. The highest BCUT2D eigenvalue weighted by atomic mass is 19.2. The van der Waals surface area contributed by atoms with Crippen LogP contribution in [-0.4, -0.2) is 24.2 Å². The predicted octanol–water partition coefficient (Wildman–Crippen LogP) is 2.90. The fourth-order valence-electron chi connectivity index (χ4n) is 2.54. The van der Waals surface area contributed by atoms with Crippen molar-refractivity contribution in [3.05, 3.63) is 29.8 Å². The summed E-state index contributed by atoms with van der Waals surface area (Å²) in [5, 5.41) is 8.89. The highest BCUT2D eigenvalue weighted by molar-refractivity contribution is 5.69. The van der Waals surface area contributed by atoms with E-state index in [1.807, 2.05) is 4.90 Å². The van der Waals surface area contributed by atoms with Crippen molar-refractivity contribution in [2.45, 2.75) is 19.8 Å². The van der Waals surface area contributed by atoms with Crippen molar-refractivity contribution in [1.82, 2.24) is 0 Å². The minimum Gasteiger partial charge on any atom is -0.481 e. The molecule has 0 bridgehead atoms. The lowest BCUT2D eigenvalue weighted by Crippen LogP contribution is -2.21. The molecule has 2 unspecified atom stereocenters. The van der Waals surface area contributed by atoms with Gasteiger partial charge in [0.25, 0.3) is 0 Å². The number of benzene rings is 1. The lowest BCUT2D eigenvalue weighted by molar-refractivity contribution is -0.141. The smallest absolute Gasteiger partial charge is 0.306 e. The second-order valence-electron chi connectivity index (χ2n) is 5.17. The molecule has 1 aliphatic rings. The Labute approximate surface area is 110 Å². The Hall–Kier alpha value is -1.65. The molecule has 0 radical (unpaired) electrons. The molecule has 19 heavy (non-hydrogen) atoms. The minimum absolute atomic E-state index is 0.291. The molecular formula is C14H17F2NO2. The van der Waals surface area contributed by atoms with Crippen LogP contribution in [0.1, 0.15) is 19.8 Å². The Kier molecular flexibility index (Phi) is 4.02. The quantitative estimate of drug-likeness (QED) is 0.913. The highest BCUT2D eigenvalue weighted by Gasteiger charge is 2.26. The summed E-state index contributed by atoms with van der Waals surface area (Å²) in [6, 6.07) is 3.87. The largest absolute Gasteiger partial charge is 0.481 e. The zero-order valence-electron chi connectivity index (χ0n) is 10.8. The maximum absolute atomic E-state index is 13.2. The van der Waals surface area contributed by atoms with Gasteiger partial charge in [-0.05, 0) is 30.9 Å². The average Bonchev–Trinajstić information content (AvgIpc) is 2.81. The third kappa shape index (κ3) is 3.22. The van der Waals surface area contributed by atoms with Gasteiger partial charge in [-0.25, -0.2) is 8.78 Å². The molecule has 0 aliphatic carbocycles. The zero-order chi connectivity index (χ0) is 14.0. The molecule has 104 valence electrons. The number of hydrogen-bond donors (Lipinski definition) is 1. The molecule has 0 saturated carbocycles. The molecule has 0 aromatic heterocycles. The standard InChI is InChI=1S/C14H17F2NO2/c1-9(14(18)19)6-10-4-5-17(8-10)11-2-3-12(15)13(16)7-11/h2-3,7,9-10H,4-6,8H2,1H3,(H,18,19). The molecule has 1 aromatic rings. The van der Waals surface area contributed by atoms with Gasteiger partial charge >= 0.3 is 5.97 Å². The van der Waals surface area contributed by atoms with Gasteiger partial charge in [0.1, 0.15) is 0 Å². The maximum Gasteiger partial charge on any atom is 0.306 e. The molecule has 2 rings (SSSR count). The van der Waals surface area contributed by atoms with E-state index < -0.39 is 17.6 Å². The van der Waals surface area contributed by atoms with Crippen LogP contribution in [0.3, 0.4) is 0 Å². The van der Waals surface area contributed by atoms with E-state index in [0.717, 1.165) is 19.0 Å². The minimum atomic E-state index is -0.848. The first kappa shape index (κ1) is 13.8. The first-order chi connectivity index (χ1) is 8.97. The summed E-state index contributed by atoms with van der Waals surface area (Å²) in [5.74, 6) is -2.56. The summed E-state index contributed by atoms with van der Waals surface area (Å²) in [7, 11) is 0. The fourth-order valence-corrected chi connectivity index (χ4v) is 2.54. The third-order valence-electron chi connectivity index (χ3n) is 3.66. The van der Waals surface area contributed by atoms with E-state index in [4.69, 9.17) is 5.11 Å². The van der Waals surface area contributed by atoms with Crippen molar-refractivity contribution >= 4 is 11.7 Å². The van der Waals surface area contributed by atoms with Crippen LogP contribution in [0.15, 0.2) is 18.2 Å². The van der Waals surface area contributed by atoms with Crippen LogP contribution in [0.5, 0.6) is 0 Å². The molecule has 3 nitrogen and oxygen atoms in total. The van der Waals surface area contributed by atoms with Crippen LogP contribution in [0.2, 0.25) is 0 Å². The molecule has 1 N–H and O–H groups in total. The molecule has 5 heteroatoms. The Bertz CT molecular complexity index is 479. The van der Waals surface area contributed by atoms with Crippen LogP contribution in [0.25, 0.3) is 0 Å². The number of carbonyl (C=O) groups is 1. The first-order valence-corrected chi connectivity index (χ1v) is 6.40. The maximum atomic E-state index is 13.2. The summed E-state index contributed by atoms with van der Waals surface area (Å²) in [4.78, 5) is 12.8. The van der Waals surface area contributed by atoms with Gasteiger partial charge in [-0.15, -0.1) is 0 Å². The van der Waals surface area contributed by atoms with Crippen molar-refractivity contribution in [1.29, 1.82) is 0 Å². The Morgan fingerprint density at radius 2 is 2.21 bits per heavy atom. The number of hydrogen-bond acceptors (Lipinski definition) is 2. The lowest BCUT2D eigenvalue weighted by Gasteiger charge is -2.19.